The van der Waals surface area contributed by atoms with Crippen molar-refractivity contribution in [2.45, 2.75) is 25.9 Å². The molecule has 1 heterocycles. The van der Waals surface area contributed by atoms with Gasteiger partial charge in [0.15, 0.2) is 5.75 Å². The Balaban J connectivity index is 0.00000288. The third-order valence-electron chi connectivity index (χ3n) is 3.33. The van der Waals surface area contributed by atoms with E-state index in [2.05, 4.69) is 14.8 Å². The van der Waals surface area contributed by atoms with Crippen LogP contribution in [-0.2, 0) is 19.6 Å². The number of anilines is 1. The van der Waals surface area contributed by atoms with Crippen molar-refractivity contribution in [1.82, 2.24) is 5.32 Å². The van der Waals surface area contributed by atoms with Crippen molar-refractivity contribution in [2.24, 2.45) is 0 Å². The number of esters is 1. The molecular formula is C15H24Cl2N2O5S. The van der Waals surface area contributed by atoms with Crippen molar-refractivity contribution in [2.75, 3.05) is 30.2 Å². The molecule has 7 nitrogen and oxygen atoms in total. The summed E-state index contributed by atoms with van der Waals surface area (Å²) in [6.45, 7) is 3.66. The van der Waals surface area contributed by atoms with E-state index in [-0.39, 0.29) is 37.5 Å². The highest BCUT2D eigenvalue weighted by Crippen LogP contribution is 2.20. The maximum Gasteiger partial charge on any atom is 0.323 e. The minimum Gasteiger partial charge on any atom is -0.490 e. The van der Waals surface area contributed by atoms with Crippen LogP contribution in [0.3, 0.4) is 0 Å². The van der Waals surface area contributed by atoms with Gasteiger partial charge < -0.3 is 14.8 Å². The van der Waals surface area contributed by atoms with Crippen LogP contribution in [0.25, 0.3) is 0 Å². The Hall–Kier alpha value is -1.22. The molecule has 1 aliphatic heterocycles. The molecule has 0 amide bonds. The first-order valence-corrected chi connectivity index (χ1v) is 9.27. The zero-order chi connectivity index (χ0) is 16.7. The molecule has 10 heteroatoms. The van der Waals surface area contributed by atoms with E-state index >= 15 is 0 Å². The van der Waals surface area contributed by atoms with Crippen LogP contribution in [0.5, 0.6) is 5.75 Å². The maximum atomic E-state index is 11.8. The van der Waals surface area contributed by atoms with Crippen LogP contribution in [0.1, 0.15) is 19.8 Å². The molecule has 1 saturated heterocycles. The summed E-state index contributed by atoms with van der Waals surface area (Å²) in [5.74, 6) is -0.773. The number of sulfonamides is 1. The predicted molar refractivity (Wildman–Crippen MR) is 102 cm³/mol. The lowest BCUT2D eigenvalue weighted by Gasteiger charge is -2.23. The second-order valence-electron chi connectivity index (χ2n) is 5.26. The molecule has 2 rings (SSSR count). The largest absolute Gasteiger partial charge is 0.490 e. The number of hydrogen-bond acceptors (Lipinski definition) is 6. The number of benzene rings is 1. The number of piperidine rings is 1. The number of rotatable bonds is 7. The van der Waals surface area contributed by atoms with E-state index in [0.717, 1.165) is 25.9 Å². The van der Waals surface area contributed by atoms with Gasteiger partial charge in [-0.2, -0.15) is 0 Å². The van der Waals surface area contributed by atoms with Gasteiger partial charge in [0.05, 0.1) is 6.61 Å². The molecule has 1 fully saturated rings. The SMILES string of the molecule is CCOC(=O)CS(=O)(=O)Nc1ccc(OC2CCNCC2)cc1.Cl.Cl. The molecule has 0 aromatic heterocycles. The van der Waals surface area contributed by atoms with Gasteiger partial charge in [-0.3, -0.25) is 9.52 Å². The zero-order valence-electron chi connectivity index (χ0n) is 13.9. The standard InChI is InChI=1S/C15H22N2O5S.2ClH/c1-2-21-15(18)11-23(19,20)17-12-3-5-13(6-4-12)22-14-7-9-16-10-8-14;;/h3-6,14,16-17H,2,7-11H2,1H3;2*1H. The average Bonchev–Trinajstić information content (AvgIpc) is 2.49. The lowest BCUT2D eigenvalue weighted by molar-refractivity contribution is -0.139. The van der Waals surface area contributed by atoms with E-state index in [4.69, 9.17) is 4.74 Å². The molecule has 0 bridgehead atoms. The Morgan fingerprint density at radius 1 is 1.20 bits per heavy atom. The third kappa shape index (κ3) is 8.62. The van der Waals surface area contributed by atoms with E-state index in [1.165, 1.54) is 0 Å². The van der Waals surface area contributed by atoms with Gasteiger partial charge in [-0.05, 0) is 57.1 Å². The summed E-state index contributed by atoms with van der Waals surface area (Å²) in [5, 5.41) is 3.27. The molecule has 25 heavy (non-hydrogen) atoms. The fraction of sp³-hybridized carbons (Fsp3) is 0.533. The van der Waals surface area contributed by atoms with Crippen molar-refractivity contribution in [3.05, 3.63) is 24.3 Å². The van der Waals surface area contributed by atoms with Crippen LogP contribution in [-0.4, -0.2) is 45.9 Å². The first-order valence-electron chi connectivity index (χ1n) is 7.62. The molecule has 1 aromatic rings. The lowest BCUT2D eigenvalue weighted by atomic mass is 10.1. The number of hydrogen-bond donors (Lipinski definition) is 2. The van der Waals surface area contributed by atoms with Crippen molar-refractivity contribution < 1.29 is 22.7 Å². The molecule has 0 atom stereocenters. The summed E-state index contributed by atoms with van der Waals surface area (Å²) < 4.78 is 36.5. The Morgan fingerprint density at radius 3 is 2.36 bits per heavy atom. The summed E-state index contributed by atoms with van der Waals surface area (Å²) in [6.07, 6.45) is 2.09. The van der Waals surface area contributed by atoms with Crippen LogP contribution < -0.4 is 14.8 Å². The Morgan fingerprint density at radius 2 is 1.80 bits per heavy atom. The highest BCUT2D eigenvalue weighted by atomic mass is 35.5. The quantitative estimate of drug-likeness (QED) is 0.662. The minimum absolute atomic E-state index is 0. The van der Waals surface area contributed by atoms with Gasteiger partial charge in [-0.1, -0.05) is 0 Å². The second kappa shape index (κ2) is 11.4. The zero-order valence-corrected chi connectivity index (χ0v) is 16.3. The van der Waals surface area contributed by atoms with Gasteiger partial charge in [0.25, 0.3) is 0 Å². The molecule has 1 aromatic carbocycles. The smallest absolute Gasteiger partial charge is 0.323 e. The van der Waals surface area contributed by atoms with Crippen molar-refractivity contribution in [3.63, 3.8) is 0 Å². The van der Waals surface area contributed by atoms with Crippen LogP contribution >= 0.6 is 24.8 Å². The fourth-order valence-corrected chi connectivity index (χ4v) is 3.24. The lowest BCUT2D eigenvalue weighted by Crippen LogP contribution is -2.34. The van der Waals surface area contributed by atoms with Crippen molar-refractivity contribution in [3.8, 4) is 5.75 Å². The number of nitrogens with one attached hydrogen (secondary N) is 2. The highest BCUT2D eigenvalue weighted by Gasteiger charge is 2.18. The summed E-state index contributed by atoms with van der Waals surface area (Å²) in [4.78, 5) is 11.3. The number of halogens is 2. The maximum absolute atomic E-state index is 11.8. The van der Waals surface area contributed by atoms with E-state index < -0.39 is 21.7 Å². The van der Waals surface area contributed by atoms with Crippen LogP contribution in [0.15, 0.2) is 24.3 Å². The highest BCUT2D eigenvalue weighted by molar-refractivity contribution is 7.93. The fourth-order valence-electron chi connectivity index (χ4n) is 2.28. The van der Waals surface area contributed by atoms with Gasteiger partial charge >= 0.3 is 5.97 Å². The van der Waals surface area contributed by atoms with Crippen LogP contribution in [0.2, 0.25) is 0 Å². The molecule has 1 aliphatic rings. The van der Waals surface area contributed by atoms with Crippen LogP contribution in [0, 0.1) is 0 Å². The predicted octanol–water partition coefficient (Wildman–Crippen LogP) is 1.97. The molecule has 2 N–H and O–H groups in total. The third-order valence-corrected chi connectivity index (χ3v) is 4.49. The van der Waals surface area contributed by atoms with Crippen LogP contribution in [0.4, 0.5) is 5.69 Å². The molecule has 144 valence electrons. The molecule has 0 aliphatic carbocycles. The Kier molecular flexibility index (Phi) is 10.8. The first-order chi connectivity index (χ1) is 11.0. The molecule has 0 spiro atoms. The summed E-state index contributed by atoms with van der Waals surface area (Å²) in [6, 6.07) is 6.65. The van der Waals surface area contributed by atoms with E-state index in [9.17, 15) is 13.2 Å². The molecule has 0 radical (unpaired) electrons. The van der Waals surface area contributed by atoms with Gasteiger partial charge in [0.2, 0.25) is 10.0 Å². The molecular weight excluding hydrogens is 391 g/mol. The first kappa shape index (κ1) is 23.8. The van der Waals surface area contributed by atoms with E-state index in [1.54, 1.807) is 31.2 Å². The number of ether oxygens (including phenoxy) is 2. The number of carbonyl (C=O) groups is 1. The molecule has 0 saturated carbocycles. The molecule has 0 unspecified atom stereocenters. The summed E-state index contributed by atoms with van der Waals surface area (Å²) >= 11 is 0. The topological polar surface area (TPSA) is 93.7 Å². The Bertz CT molecular complexity index is 619. The van der Waals surface area contributed by atoms with Gasteiger partial charge in [-0.25, -0.2) is 8.42 Å². The van der Waals surface area contributed by atoms with Gasteiger partial charge in [0.1, 0.15) is 11.9 Å². The monoisotopic (exact) mass is 414 g/mol. The number of carbonyl (C=O) groups excluding carboxylic acids is 1. The summed E-state index contributed by atoms with van der Waals surface area (Å²) in [7, 11) is -3.77. The Labute approximate surface area is 160 Å². The van der Waals surface area contributed by atoms with Crippen molar-refractivity contribution in [1.29, 1.82) is 0 Å². The van der Waals surface area contributed by atoms with E-state index in [0.29, 0.717) is 11.4 Å². The minimum atomic E-state index is -3.77. The van der Waals surface area contributed by atoms with Gasteiger partial charge in [0, 0.05) is 5.69 Å². The van der Waals surface area contributed by atoms with Crippen molar-refractivity contribution >= 4 is 46.5 Å². The summed E-state index contributed by atoms with van der Waals surface area (Å²) in [5.41, 5.74) is 0.381. The van der Waals surface area contributed by atoms with E-state index in [1.807, 2.05) is 0 Å². The van der Waals surface area contributed by atoms with Gasteiger partial charge in [-0.15, -0.1) is 24.8 Å². The average molecular weight is 415 g/mol. The normalized spacial score (nSPS) is 14.6. The second-order valence-corrected chi connectivity index (χ2v) is 6.98.